The fraction of sp³-hybridized carbons (Fsp3) is 0.818. The molecule has 0 spiro atoms. The maximum atomic E-state index is 11.8. The summed E-state index contributed by atoms with van der Waals surface area (Å²) >= 11 is 0. The minimum absolute atomic E-state index is 0.0150. The third-order valence-electron chi connectivity index (χ3n) is 3.28. The molecule has 2 rings (SSSR count). The fourth-order valence-corrected chi connectivity index (χ4v) is 2.38. The minimum atomic E-state index is -0.308. The van der Waals surface area contributed by atoms with Crippen molar-refractivity contribution in [1.29, 1.82) is 0 Å². The molecule has 0 saturated carbocycles. The van der Waals surface area contributed by atoms with E-state index in [4.69, 9.17) is 0 Å². The molecule has 0 bridgehead atoms. The first-order valence-electron chi connectivity index (χ1n) is 5.98. The third kappa shape index (κ3) is 2.72. The monoisotopic (exact) mass is 225 g/mol. The Kier molecular flexibility index (Phi) is 3.43. The molecule has 90 valence electrons. The largest absolute Gasteiger partial charge is 0.351 e. The van der Waals surface area contributed by atoms with Gasteiger partial charge in [-0.05, 0) is 32.7 Å². The van der Waals surface area contributed by atoms with Gasteiger partial charge in [-0.15, -0.1) is 0 Å². The summed E-state index contributed by atoms with van der Waals surface area (Å²) in [5.41, 5.74) is 0. The van der Waals surface area contributed by atoms with Crippen LogP contribution in [-0.4, -0.2) is 36.5 Å². The zero-order chi connectivity index (χ0) is 11.5. The van der Waals surface area contributed by atoms with Gasteiger partial charge in [0.05, 0.1) is 0 Å². The van der Waals surface area contributed by atoms with Crippen LogP contribution in [0.5, 0.6) is 0 Å². The topological polar surface area (TPSA) is 70.2 Å². The van der Waals surface area contributed by atoms with Crippen LogP contribution in [0.3, 0.4) is 0 Å². The molecular weight excluding hydrogens is 206 g/mol. The van der Waals surface area contributed by atoms with Gasteiger partial charge in [0.2, 0.25) is 11.8 Å². The van der Waals surface area contributed by atoms with Gasteiger partial charge < -0.3 is 16.0 Å². The Balaban J connectivity index is 1.80. The van der Waals surface area contributed by atoms with Gasteiger partial charge in [0, 0.05) is 18.5 Å². The Bertz CT molecular complexity index is 293. The SMILES string of the molecule is CC1CC(NC(=O)[C@@H]2CCC(=O)N2)CCN1. The molecule has 3 N–H and O–H groups in total. The molecule has 16 heavy (non-hydrogen) atoms. The highest BCUT2D eigenvalue weighted by molar-refractivity contribution is 5.90. The van der Waals surface area contributed by atoms with E-state index in [0.29, 0.717) is 18.9 Å². The number of hydrogen-bond donors (Lipinski definition) is 3. The molecule has 2 heterocycles. The van der Waals surface area contributed by atoms with Crippen LogP contribution in [0.4, 0.5) is 0 Å². The van der Waals surface area contributed by atoms with Gasteiger partial charge in [0.25, 0.3) is 0 Å². The molecule has 2 aliphatic rings. The summed E-state index contributed by atoms with van der Waals surface area (Å²) in [6, 6.07) is 0.399. The molecule has 0 aromatic rings. The van der Waals surface area contributed by atoms with Gasteiger partial charge in [-0.25, -0.2) is 0 Å². The zero-order valence-electron chi connectivity index (χ0n) is 9.58. The Morgan fingerprint density at radius 3 is 2.88 bits per heavy atom. The van der Waals surface area contributed by atoms with Crippen LogP contribution in [0.2, 0.25) is 0 Å². The average Bonchev–Trinajstić information content (AvgIpc) is 2.65. The van der Waals surface area contributed by atoms with Crippen molar-refractivity contribution in [3.63, 3.8) is 0 Å². The molecule has 2 amide bonds. The van der Waals surface area contributed by atoms with Gasteiger partial charge in [-0.2, -0.15) is 0 Å². The number of rotatable bonds is 2. The van der Waals surface area contributed by atoms with E-state index >= 15 is 0 Å². The van der Waals surface area contributed by atoms with Crippen LogP contribution in [0, 0.1) is 0 Å². The lowest BCUT2D eigenvalue weighted by atomic mass is 10.0. The maximum Gasteiger partial charge on any atom is 0.242 e. The predicted molar refractivity (Wildman–Crippen MR) is 59.8 cm³/mol. The fourth-order valence-electron chi connectivity index (χ4n) is 2.38. The zero-order valence-corrected chi connectivity index (χ0v) is 9.58. The lowest BCUT2D eigenvalue weighted by Crippen LogP contribution is -2.51. The number of nitrogens with one attached hydrogen (secondary N) is 3. The molecule has 3 atom stereocenters. The minimum Gasteiger partial charge on any atom is -0.351 e. The quantitative estimate of drug-likeness (QED) is 0.594. The van der Waals surface area contributed by atoms with Crippen molar-refractivity contribution in [2.75, 3.05) is 6.54 Å². The number of carbonyl (C=O) groups excluding carboxylic acids is 2. The Hall–Kier alpha value is -1.10. The molecule has 5 nitrogen and oxygen atoms in total. The summed E-state index contributed by atoms with van der Waals surface area (Å²) in [5.74, 6) is -0.0382. The van der Waals surface area contributed by atoms with Crippen LogP contribution < -0.4 is 16.0 Å². The van der Waals surface area contributed by atoms with Crippen molar-refractivity contribution >= 4 is 11.8 Å². The molecule has 2 aliphatic heterocycles. The molecule has 2 fully saturated rings. The number of carbonyl (C=O) groups is 2. The van der Waals surface area contributed by atoms with Crippen LogP contribution in [0.25, 0.3) is 0 Å². The van der Waals surface area contributed by atoms with Gasteiger partial charge >= 0.3 is 0 Å². The van der Waals surface area contributed by atoms with Crippen molar-refractivity contribution in [3.8, 4) is 0 Å². The molecule has 2 saturated heterocycles. The normalized spacial score (nSPS) is 34.6. The second kappa shape index (κ2) is 4.82. The second-order valence-corrected chi connectivity index (χ2v) is 4.74. The summed E-state index contributed by atoms with van der Waals surface area (Å²) in [5, 5.41) is 9.05. The van der Waals surface area contributed by atoms with E-state index in [0.717, 1.165) is 19.4 Å². The number of piperidine rings is 1. The van der Waals surface area contributed by atoms with Crippen molar-refractivity contribution in [2.45, 2.75) is 50.7 Å². The van der Waals surface area contributed by atoms with Gasteiger partial charge in [0.1, 0.15) is 6.04 Å². The Morgan fingerprint density at radius 2 is 2.25 bits per heavy atom. The average molecular weight is 225 g/mol. The van der Waals surface area contributed by atoms with E-state index in [1.165, 1.54) is 0 Å². The highest BCUT2D eigenvalue weighted by Crippen LogP contribution is 2.11. The first-order valence-corrected chi connectivity index (χ1v) is 5.98. The molecule has 0 aromatic heterocycles. The lowest BCUT2D eigenvalue weighted by Gasteiger charge is -2.29. The first-order chi connectivity index (χ1) is 7.65. The summed E-state index contributed by atoms with van der Waals surface area (Å²) in [4.78, 5) is 22.8. The highest BCUT2D eigenvalue weighted by Gasteiger charge is 2.29. The van der Waals surface area contributed by atoms with Crippen LogP contribution in [0.1, 0.15) is 32.6 Å². The van der Waals surface area contributed by atoms with Crippen molar-refractivity contribution < 1.29 is 9.59 Å². The second-order valence-electron chi connectivity index (χ2n) is 4.74. The molecule has 0 aromatic carbocycles. The Labute approximate surface area is 95.3 Å². The first kappa shape index (κ1) is 11.4. The van der Waals surface area contributed by atoms with Crippen molar-refractivity contribution in [1.82, 2.24) is 16.0 Å². The van der Waals surface area contributed by atoms with Gasteiger partial charge in [-0.1, -0.05) is 0 Å². The molecular formula is C11H19N3O2. The standard InChI is InChI=1S/C11H19N3O2/c1-7-6-8(4-5-12-7)13-11(16)9-2-3-10(15)14-9/h7-9,12H,2-6H2,1H3,(H,13,16)(H,14,15)/t7?,8?,9-/m0/s1. The Morgan fingerprint density at radius 1 is 1.44 bits per heavy atom. The third-order valence-corrected chi connectivity index (χ3v) is 3.28. The van der Waals surface area contributed by atoms with Crippen LogP contribution >= 0.6 is 0 Å². The van der Waals surface area contributed by atoms with E-state index in [1.807, 2.05) is 0 Å². The van der Waals surface area contributed by atoms with Gasteiger partial charge in [-0.3, -0.25) is 9.59 Å². The van der Waals surface area contributed by atoms with E-state index < -0.39 is 0 Å². The maximum absolute atomic E-state index is 11.8. The molecule has 2 unspecified atom stereocenters. The number of hydrogen-bond acceptors (Lipinski definition) is 3. The molecule has 5 heteroatoms. The van der Waals surface area contributed by atoms with Crippen LogP contribution in [0.15, 0.2) is 0 Å². The van der Waals surface area contributed by atoms with Crippen molar-refractivity contribution in [2.24, 2.45) is 0 Å². The van der Waals surface area contributed by atoms with E-state index in [1.54, 1.807) is 0 Å². The summed E-state index contributed by atoms with van der Waals surface area (Å²) < 4.78 is 0. The summed E-state index contributed by atoms with van der Waals surface area (Å²) in [7, 11) is 0. The molecule has 0 radical (unpaired) electrons. The molecule has 0 aliphatic carbocycles. The predicted octanol–water partition coefficient (Wildman–Crippen LogP) is -0.478. The van der Waals surface area contributed by atoms with Crippen LogP contribution in [-0.2, 0) is 9.59 Å². The smallest absolute Gasteiger partial charge is 0.242 e. The van der Waals surface area contributed by atoms with E-state index in [2.05, 4.69) is 22.9 Å². The number of amides is 2. The van der Waals surface area contributed by atoms with Gasteiger partial charge in [0.15, 0.2) is 0 Å². The van der Waals surface area contributed by atoms with Crippen molar-refractivity contribution in [3.05, 3.63) is 0 Å². The van der Waals surface area contributed by atoms with E-state index in [9.17, 15) is 9.59 Å². The summed E-state index contributed by atoms with van der Waals surface area (Å²) in [6.45, 7) is 3.07. The lowest BCUT2D eigenvalue weighted by molar-refractivity contribution is -0.126. The van der Waals surface area contributed by atoms with E-state index in [-0.39, 0.29) is 23.9 Å². The highest BCUT2D eigenvalue weighted by atomic mass is 16.2. The summed E-state index contributed by atoms with van der Waals surface area (Å²) in [6.07, 6.45) is 3.04.